The molecule has 1 N–H and O–H groups in total. The molecule has 0 bridgehead atoms. The van der Waals surface area contributed by atoms with Crippen molar-refractivity contribution >= 4 is 27.3 Å². The average molecular weight is 462 g/mol. The first-order valence-electron chi connectivity index (χ1n) is 12.3. The number of hydrogen-bond donors (Lipinski definition) is 1. The van der Waals surface area contributed by atoms with Gasteiger partial charge in [-0.25, -0.2) is 8.42 Å². The second-order valence-corrected chi connectivity index (χ2v) is 11.8. The summed E-state index contributed by atoms with van der Waals surface area (Å²) in [5.74, 6) is 1.91. The van der Waals surface area contributed by atoms with Gasteiger partial charge in [0, 0.05) is 32.6 Å². The number of nitrogens with one attached hydrogen (secondary N) is 1. The molecule has 0 spiro atoms. The first kappa shape index (κ1) is 22.2. The highest BCUT2D eigenvalue weighted by atomic mass is 32.2. The lowest BCUT2D eigenvalue weighted by Crippen LogP contribution is -2.37. The minimum atomic E-state index is -3.56. The summed E-state index contributed by atoms with van der Waals surface area (Å²) in [7, 11) is -3.56. The Hall–Kier alpha value is -1.64. The van der Waals surface area contributed by atoms with Crippen LogP contribution in [-0.2, 0) is 19.6 Å². The van der Waals surface area contributed by atoms with Crippen LogP contribution in [0.1, 0.15) is 51.4 Å². The molecular formula is C24H35N3O4S. The molecule has 2 aliphatic heterocycles. The molecule has 1 aromatic carbocycles. The molecule has 32 heavy (non-hydrogen) atoms. The standard InChI is InChI=1S/C24H35N3O4S/c28-24(17-21(18-4-5-18)19-6-7-19)25-22-16-20(32(29,30)27-10-2-1-3-11-27)8-9-23(22)26-12-14-31-15-13-26/h8-9,16,18-19,21H,1-7,10-15,17H2,(H,25,28). The lowest BCUT2D eigenvalue weighted by molar-refractivity contribution is -0.117. The molecule has 0 atom stereocenters. The number of piperidine rings is 1. The number of rotatable bonds is 8. The smallest absolute Gasteiger partial charge is 0.243 e. The Morgan fingerprint density at radius 1 is 1.00 bits per heavy atom. The van der Waals surface area contributed by atoms with E-state index in [2.05, 4.69) is 10.2 Å². The summed E-state index contributed by atoms with van der Waals surface area (Å²) in [6.07, 6.45) is 8.41. The number of carbonyl (C=O) groups excluding carboxylic acids is 1. The number of sulfonamides is 1. The SMILES string of the molecule is O=C(CC(C1CC1)C1CC1)Nc1cc(S(=O)(=O)N2CCCCC2)ccc1N1CCOCC1. The molecule has 2 saturated carbocycles. The summed E-state index contributed by atoms with van der Waals surface area (Å²) in [6, 6.07) is 5.23. The van der Waals surface area contributed by atoms with Crippen molar-refractivity contribution in [3.63, 3.8) is 0 Å². The van der Waals surface area contributed by atoms with Crippen molar-refractivity contribution in [2.24, 2.45) is 17.8 Å². The second kappa shape index (κ2) is 9.31. The summed E-state index contributed by atoms with van der Waals surface area (Å²) in [5, 5.41) is 3.11. The molecule has 2 saturated heterocycles. The Labute approximate surface area is 191 Å². The second-order valence-electron chi connectivity index (χ2n) is 9.83. The van der Waals surface area contributed by atoms with E-state index in [0.717, 1.165) is 38.0 Å². The first-order valence-corrected chi connectivity index (χ1v) is 13.7. The molecule has 1 amide bonds. The maximum absolute atomic E-state index is 13.3. The summed E-state index contributed by atoms with van der Waals surface area (Å²) in [6.45, 7) is 3.86. The fraction of sp³-hybridized carbons (Fsp3) is 0.708. The van der Waals surface area contributed by atoms with Crippen LogP contribution in [0.15, 0.2) is 23.1 Å². The third-order valence-electron chi connectivity index (χ3n) is 7.42. The predicted molar refractivity (Wildman–Crippen MR) is 124 cm³/mol. The zero-order chi connectivity index (χ0) is 22.1. The Kier molecular flexibility index (Phi) is 6.45. The fourth-order valence-electron chi connectivity index (χ4n) is 5.29. The zero-order valence-corrected chi connectivity index (χ0v) is 19.6. The minimum Gasteiger partial charge on any atom is -0.378 e. The van der Waals surface area contributed by atoms with E-state index in [4.69, 9.17) is 4.74 Å². The lowest BCUT2D eigenvalue weighted by atomic mass is 9.94. The average Bonchev–Trinajstić information content (AvgIpc) is 3.72. The van der Waals surface area contributed by atoms with Gasteiger partial charge in [-0.15, -0.1) is 0 Å². The third-order valence-corrected chi connectivity index (χ3v) is 9.32. The molecule has 2 heterocycles. The van der Waals surface area contributed by atoms with Gasteiger partial charge in [-0.3, -0.25) is 4.79 Å². The van der Waals surface area contributed by atoms with Gasteiger partial charge >= 0.3 is 0 Å². The summed E-state index contributed by atoms with van der Waals surface area (Å²) in [4.78, 5) is 15.5. The van der Waals surface area contributed by atoms with E-state index >= 15 is 0 Å². The molecule has 5 rings (SSSR count). The molecule has 176 valence electrons. The fourth-order valence-corrected chi connectivity index (χ4v) is 6.84. The third kappa shape index (κ3) is 4.97. The predicted octanol–water partition coefficient (Wildman–Crippen LogP) is 3.46. The lowest BCUT2D eigenvalue weighted by Gasteiger charge is -2.31. The van der Waals surface area contributed by atoms with Crippen LogP contribution in [0.4, 0.5) is 11.4 Å². The van der Waals surface area contributed by atoms with Crippen molar-refractivity contribution < 1.29 is 17.9 Å². The molecule has 0 unspecified atom stereocenters. The van der Waals surface area contributed by atoms with Gasteiger partial charge in [-0.05, 0) is 74.5 Å². The van der Waals surface area contributed by atoms with Crippen LogP contribution in [0.25, 0.3) is 0 Å². The van der Waals surface area contributed by atoms with Crippen molar-refractivity contribution in [2.75, 3.05) is 49.6 Å². The van der Waals surface area contributed by atoms with Crippen LogP contribution in [0, 0.1) is 17.8 Å². The molecule has 2 aliphatic carbocycles. The maximum Gasteiger partial charge on any atom is 0.243 e. The largest absolute Gasteiger partial charge is 0.378 e. The number of nitrogens with zero attached hydrogens (tertiary/aromatic N) is 2. The number of amides is 1. The highest BCUT2D eigenvalue weighted by Gasteiger charge is 2.42. The Bertz CT molecular complexity index is 919. The van der Waals surface area contributed by atoms with Crippen LogP contribution in [-0.4, -0.2) is 58.0 Å². The van der Waals surface area contributed by atoms with Gasteiger partial charge in [-0.1, -0.05) is 6.42 Å². The normalized spacial score (nSPS) is 22.8. The highest BCUT2D eigenvalue weighted by molar-refractivity contribution is 7.89. The molecular weight excluding hydrogens is 426 g/mol. The topological polar surface area (TPSA) is 79.0 Å². The van der Waals surface area contributed by atoms with Crippen molar-refractivity contribution in [3.8, 4) is 0 Å². The van der Waals surface area contributed by atoms with Crippen molar-refractivity contribution in [2.45, 2.75) is 56.3 Å². The van der Waals surface area contributed by atoms with Gasteiger partial charge in [0.2, 0.25) is 15.9 Å². The van der Waals surface area contributed by atoms with E-state index in [1.165, 1.54) is 25.7 Å². The molecule has 4 fully saturated rings. The van der Waals surface area contributed by atoms with Crippen molar-refractivity contribution in [1.82, 2.24) is 4.31 Å². The van der Waals surface area contributed by atoms with Gasteiger partial charge in [0.05, 0.1) is 29.5 Å². The number of benzene rings is 1. The van der Waals surface area contributed by atoms with Crippen LogP contribution in [0.5, 0.6) is 0 Å². The van der Waals surface area contributed by atoms with Crippen LogP contribution < -0.4 is 10.2 Å². The highest BCUT2D eigenvalue weighted by Crippen LogP contribution is 2.50. The number of hydrogen-bond acceptors (Lipinski definition) is 5. The number of morpholine rings is 1. The van der Waals surface area contributed by atoms with Gasteiger partial charge in [0.15, 0.2) is 0 Å². The summed E-state index contributed by atoms with van der Waals surface area (Å²) < 4.78 is 33.6. The monoisotopic (exact) mass is 461 g/mol. The van der Waals surface area contributed by atoms with Gasteiger partial charge < -0.3 is 15.0 Å². The zero-order valence-electron chi connectivity index (χ0n) is 18.8. The summed E-state index contributed by atoms with van der Waals surface area (Å²) in [5.41, 5.74) is 1.49. The number of ether oxygens (including phenoxy) is 1. The van der Waals surface area contributed by atoms with E-state index in [1.54, 1.807) is 16.4 Å². The molecule has 0 aromatic heterocycles. The van der Waals surface area contributed by atoms with Crippen LogP contribution in [0.3, 0.4) is 0 Å². The minimum absolute atomic E-state index is 0.0100. The van der Waals surface area contributed by atoms with E-state index in [9.17, 15) is 13.2 Å². The molecule has 1 aromatic rings. The van der Waals surface area contributed by atoms with E-state index in [-0.39, 0.29) is 10.8 Å². The molecule has 8 heteroatoms. The van der Waals surface area contributed by atoms with Crippen molar-refractivity contribution in [3.05, 3.63) is 18.2 Å². The van der Waals surface area contributed by atoms with Crippen molar-refractivity contribution in [1.29, 1.82) is 0 Å². The number of carbonyl (C=O) groups is 1. The number of anilines is 2. The molecule has 4 aliphatic rings. The Balaban J connectivity index is 1.39. The quantitative estimate of drug-likeness (QED) is 0.641. The van der Waals surface area contributed by atoms with Crippen LogP contribution in [0.2, 0.25) is 0 Å². The van der Waals surface area contributed by atoms with E-state index in [1.807, 2.05) is 6.07 Å². The summed E-state index contributed by atoms with van der Waals surface area (Å²) >= 11 is 0. The van der Waals surface area contributed by atoms with E-state index < -0.39 is 10.0 Å². The Morgan fingerprint density at radius 2 is 1.66 bits per heavy atom. The van der Waals surface area contributed by atoms with Gasteiger partial charge in [0.1, 0.15) is 0 Å². The first-order chi connectivity index (χ1) is 15.5. The van der Waals surface area contributed by atoms with Gasteiger partial charge in [0.25, 0.3) is 0 Å². The van der Waals surface area contributed by atoms with Crippen LogP contribution >= 0.6 is 0 Å². The Morgan fingerprint density at radius 3 is 2.28 bits per heavy atom. The molecule has 0 radical (unpaired) electrons. The van der Waals surface area contributed by atoms with Gasteiger partial charge in [-0.2, -0.15) is 4.31 Å². The maximum atomic E-state index is 13.3. The molecule has 7 nitrogen and oxygen atoms in total. The van der Waals surface area contributed by atoms with E-state index in [0.29, 0.717) is 56.2 Å².